The molecular formula is C25H40N4O5. The number of methoxy groups -OCH3 is 3. The quantitative estimate of drug-likeness (QED) is 0.538. The topological polar surface area (TPSA) is 92.4 Å². The van der Waals surface area contributed by atoms with Crippen molar-refractivity contribution >= 4 is 17.6 Å². The van der Waals surface area contributed by atoms with E-state index in [1.54, 1.807) is 17.0 Å². The second-order valence-electron chi connectivity index (χ2n) is 9.21. The number of rotatable bonds is 10. The average molecular weight is 477 g/mol. The number of anilines is 1. The predicted molar refractivity (Wildman–Crippen MR) is 132 cm³/mol. The Labute approximate surface area is 203 Å². The van der Waals surface area contributed by atoms with Crippen LogP contribution < -0.4 is 24.8 Å². The summed E-state index contributed by atoms with van der Waals surface area (Å²) in [5.74, 6) is 1.87. The maximum Gasteiger partial charge on any atom is 0.321 e. The highest BCUT2D eigenvalue weighted by Gasteiger charge is 2.25. The molecule has 1 aromatic carbocycles. The molecule has 1 atom stereocenters. The third-order valence-electron chi connectivity index (χ3n) is 6.94. The third kappa shape index (κ3) is 6.91. The Balaban J connectivity index is 1.40. The van der Waals surface area contributed by atoms with Crippen LogP contribution in [-0.4, -0.2) is 81.8 Å². The van der Waals surface area contributed by atoms with E-state index in [0.29, 0.717) is 54.4 Å². The molecule has 0 radical (unpaired) electrons. The molecule has 0 spiro atoms. The third-order valence-corrected chi connectivity index (χ3v) is 6.94. The van der Waals surface area contributed by atoms with Gasteiger partial charge in [-0.25, -0.2) is 4.79 Å². The van der Waals surface area contributed by atoms with Crippen LogP contribution in [0.2, 0.25) is 0 Å². The standard InChI is InChI=1S/C25H40N4O5/c1-18(28-11-5-6-12-28)7-10-26-23(30)15-19-8-13-29(14-9-19)25(31)27-20-16-21(32-2)24(34-4)22(17-20)33-3/h16-19H,5-15H2,1-4H3,(H,26,30)(H,27,31)/t18-/m0/s1. The summed E-state index contributed by atoms with van der Waals surface area (Å²) >= 11 is 0. The van der Waals surface area contributed by atoms with Crippen LogP contribution >= 0.6 is 0 Å². The molecular weight excluding hydrogens is 436 g/mol. The van der Waals surface area contributed by atoms with E-state index in [4.69, 9.17) is 14.2 Å². The molecule has 0 aliphatic carbocycles. The van der Waals surface area contributed by atoms with Gasteiger partial charge in [-0.05, 0) is 58.0 Å². The SMILES string of the molecule is COc1cc(NC(=O)N2CCC(CC(=O)NCC[C@H](C)N3CCCC3)CC2)cc(OC)c1OC. The van der Waals surface area contributed by atoms with Gasteiger partial charge in [0.25, 0.3) is 0 Å². The molecule has 9 nitrogen and oxygen atoms in total. The predicted octanol–water partition coefficient (Wildman–Crippen LogP) is 3.34. The number of urea groups is 1. The van der Waals surface area contributed by atoms with Gasteiger partial charge in [-0.1, -0.05) is 0 Å². The van der Waals surface area contributed by atoms with Gasteiger partial charge in [-0.3, -0.25) is 4.79 Å². The van der Waals surface area contributed by atoms with E-state index in [-0.39, 0.29) is 11.9 Å². The fraction of sp³-hybridized carbons (Fsp3) is 0.680. The van der Waals surface area contributed by atoms with Crippen LogP contribution in [0, 0.1) is 5.92 Å². The Bertz CT molecular complexity index is 795. The summed E-state index contributed by atoms with van der Waals surface area (Å²) in [5.41, 5.74) is 0.573. The van der Waals surface area contributed by atoms with Crippen molar-refractivity contribution in [3.8, 4) is 17.2 Å². The molecule has 2 fully saturated rings. The van der Waals surface area contributed by atoms with Crippen molar-refractivity contribution in [2.24, 2.45) is 5.92 Å². The summed E-state index contributed by atoms with van der Waals surface area (Å²) in [6, 6.07) is 3.77. The maximum absolute atomic E-state index is 12.8. The monoisotopic (exact) mass is 476 g/mol. The highest BCUT2D eigenvalue weighted by molar-refractivity contribution is 5.90. The Kier molecular flexibility index (Phi) is 9.68. The Hall–Kier alpha value is -2.68. The van der Waals surface area contributed by atoms with Crippen LogP contribution in [0.4, 0.5) is 10.5 Å². The minimum absolute atomic E-state index is 0.119. The van der Waals surface area contributed by atoms with Gasteiger partial charge >= 0.3 is 6.03 Å². The van der Waals surface area contributed by atoms with Crippen LogP contribution in [0.5, 0.6) is 17.2 Å². The lowest BCUT2D eigenvalue weighted by Gasteiger charge is -2.32. The summed E-state index contributed by atoms with van der Waals surface area (Å²) in [6.45, 7) is 6.59. The number of amides is 3. The molecule has 0 saturated carbocycles. The van der Waals surface area contributed by atoms with E-state index < -0.39 is 0 Å². The van der Waals surface area contributed by atoms with Crippen molar-refractivity contribution in [1.29, 1.82) is 0 Å². The molecule has 3 rings (SSSR count). The first kappa shape index (κ1) is 25.9. The van der Waals surface area contributed by atoms with Crippen molar-refractivity contribution in [2.75, 3.05) is 59.4 Å². The van der Waals surface area contributed by atoms with E-state index in [1.165, 1.54) is 47.3 Å². The van der Waals surface area contributed by atoms with E-state index in [0.717, 1.165) is 25.8 Å². The van der Waals surface area contributed by atoms with Crippen LogP contribution in [0.15, 0.2) is 12.1 Å². The van der Waals surface area contributed by atoms with E-state index >= 15 is 0 Å². The van der Waals surface area contributed by atoms with Gasteiger partial charge in [0, 0.05) is 44.2 Å². The molecule has 190 valence electrons. The van der Waals surface area contributed by atoms with Gasteiger partial charge in [0.05, 0.1) is 27.0 Å². The van der Waals surface area contributed by atoms with Crippen LogP contribution in [0.3, 0.4) is 0 Å². The minimum atomic E-state index is -0.173. The van der Waals surface area contributed by atoms with Crippen molar-refractivity contribution in [1.82, 2.24) is 15.1 Å². The molecule has 2 heterocycles. The smallest absolute Gasteiger partial charge is 0.321 e. The Morgan fingerprint density at radius 3 is 2.18 bits per heavy atom. The molecule has 2 N–H and O–H groups in total. The number of hydrogen-bond acceptors (Lipinski definition) is 6. The number of ether oxygens (including phenoxy) is 3. The molecule has 34 heavy (non-hydrogen) atoms. The number of carbonyl (C=O) groups is 2. The number of nitrogens with zero attached hydrogens (tertiary/aromatic N) is 2. The minimum Gasteiger partial charge on any atom is -0.493 e. The lowest BCUT2D eigenvalue weighted by molar-refractivity contribution is -0.122. The number of hydrogen-bond donors (Lipinski definition) is 2. The lowest BCUT2D eigenvalue weighted by Crippen LogP contribution is -2.42. The molecule has 0 unspecified atom stereocenters. The Morgan fingerprint density at radius 2 is 1.62 bits per heavy atom. The summed E-state index contributed by atoms with van der Waals surface area (Å²) in [7, 11) is 4.62. The van der Waals surface area contributed by atoms with Crippen molar-refractivity contribution in [3.63, 3.8) is 0 Å². The Morgan fingerprint density at radius 1 is 1.00 bits per heavy atom. The highest BCUT2D eigenvalue weighted by Crippen LogP contribution is 2.40. The van der Waals surface area contributed by atoms with E-state index in [1.807, 2.05) is 0 Å². The summed E-state index contributed by atoms with van der Waals surface area (Å²) in [6.07, 6.45) is 5.73. The number of piperidine rings is 1. The second kappa shape index (κ2) is 12.7. The van der Waals surface area contributed by atoms with Crippen LogP contribution in [0.1, 0.15) is 45.4 Å². The molecule has 2 aliphatic heterocycles. The van der Waals surface area contributed by atoms with Gasteiger partial charge < -0.3 is 34.6 Å². The molecule has 0 aromatic heterocycles. The molecule has 3 amide bonds. The first-order chi connectivity index (χ1) is 16.4. The number of nitrogens with one attached hydrogen (secondary N) is 2. The summed E-state index contributed by atoms with van der Waals surface area (Å²) in [4.78, 5) is 29.5. The highest BCUT2D eigenvalue weighted by atomic mass is 16.5. The molecule has 2 saturated heterocycles. The molecule has 1 aromatic rings. The van der Waals surface area contributed by atoms with Crippen LogP contribution in [0.25, 0.3) is 0 Å². The fourth-order valence-corrected chi connectivity index (χ4v) is 4.82. The van der Waals surface area contributed by atoms with Crippen molar-refractivity contribution < 1.29 is 23.8 Å². The van der Waals surface area contributed by atoms with Gasteiger partial charge in [0.2, 0.25) is 11.7 Å². The number of carbonyl (C=O) groups excluding carboxylic acids is 2. The maximum atomic E-state index is 12.8. The first-order valence-corrected chi connectivity index (χ1v) is 12.3. The van der Waals surface area contributed by atoms with Crippen molar-refractivity contribution in [3.05, 3.63) is 12.1 Å². The van der Waals surface area contributed by atoms with E-state index in [2.05, 4.69) is 22.5 Å². The zero-order valence-electron chi connectivity index (χ0n) is 21.0. The summed E-state index contributed by atoms with van der Waals surface area (Å²) < 4.78 is 16.0. The molecule has 9 heteroatoms. The zero-order valence-corrected chi connectivity index (χ0v) is 21.0. The van der Waals surface area contributed by atoms with Gasteiger partial charge in [0.15, 0.2) is 11.5 Å². The number of likely N-dealkylation sites (tertiary alicyclic amines) is 2. The lowest BCUT2D eigenvalue weighted by atomic mass is 9.93. The first-order valence-electron chi connectivity index (χ1n) is 12.3. The molecule has 0 bridgehead atoms. The van der Waals surface area contributed by atoms with Gasteiger partial charge in [0.1, 0.15) is 0 Å². The normalized spacial score (nSPS) is 17.8. The second-order valence-corrected chi connectivity index (χ2v) is 9.21. The van der Waals surface area contributed by atoms with Gasteiger partial charge in [-0.2, -0.15) is 0 Å². The molecule has 2 aliphatic rings. The largest absolute Gasteiger partial charge is 0.493 e. The summed E-state index contributed by atoms with van der Waals surface area (Å²) in [5, 5.41) is 6.01. The fourth-order valence-electron chi connectivity index (χ4n) is 4.82. The number of benzene rings is 1. The van der Waals surface area contributed by atoms with Crippen LogP contribution in [-0.2, 0) is 4.79 Å². The van der Waals surface area contributed by atoms with E-state index in [9.17, 15) is 9.59 Å². The van der Waals surface area contributed by atoms with Crippen molar-refractivity contribution in [2.45, 2.75) is 51.5 Å². The zero-order chi connectivity index (χ0) is 24.5. The van der Waals surface area contributed by atoms with Gasteiger partial charge in [-0.15, -0.1) is 0 Å². The average Bonchev–Trinajstić information content (AvgIpc) is 3.39.